The summed E-state index contributed by atoms with van der Waals surface area (Å²) in [6.45, 7) is 0.844. The first kappa shape index (κ1) is 18.6. The van der Waals surface area contributed by atoms with E-state index in [1.165, 1.54) is 4.57 Å². The number of fused-ring (bicyclic) bond motifs is 1. The summed E-state index contributed by atoms with van der Waals surface area (Å²) in [5.41, 5.74) is -0.109. The number of pyridine rings is 1. The first-order chi connectivity index (χ1) is 13.4. The fourth-order valence-electron chi connectivity index (χ4n) is 3.93. The number of nitrogen functional groups attached to an aromatic ring is 1. The Morgan fingerprint density at radius 1 is 1.29 bits per heavy atom. The number of anilines is 2. The van der Waals surface area contributed by atoms with Crippen LogP contribution in [-0.2, 0) is 0 Å². The van der Waals surface area contributed by atoms with E-state index in [-0.39, 0.29) is 34.4 Å². The SMILES string of the molecule is CNC1CCN(c2c(F)c(NN)c3c(=O)c(C(=O)O)cn(C4CC4)c3c2F)C1. The van der Waals surface area contributed by atoms with E-state index in [1.54, 1.807) is 11.9 Å². The lowest BCUT2D eigenvalue weighted by atomic mass is 10.1. The lowest BCUT2D eigenvalue weighted by Crippen LogP contribution is -2.31. The van der Waals surface area contributed by atoms with Gasteiger partial charge < -0.3 is 25.3 Å². The molecule has 4 rings (SSSR count). The number of nitrogens with two attached hydrogens (primary N) is 1. The Labute approximate surface area is 158 Å². The molecule has 0 bridgehead atoms. The van der Waals surface area contributed by atoms with Crippen molar-refractivity contribution < 1.29 is 18.7 Å². The Kier molecular flexibility index (Phi) is 4.47. The van der Waals surface area contributed by atoms with Crippen LogP contribution in [0.5, 0.6) is 0 Å². The van der Waals surface area contributed by atoms with Crippen molar-refractivity contribution in [3.8, 4) is 0 Å². The molecule has 1 aliphatic heterocycles. The zero-order chi connectivity index (χ0) is 20.2. The van der Waals surface area contributed by atoms with Gasteiger partial charge in [0, 0.05) is 31.4 Å². The molecule has 28 heavy (non-hydrogen) atoms. The van der Waals surface area contributed by atoms with Crippen LogP contribution in [0.1, 0.15) is 35.7 Å². The highest BCUT2D eigenvalue weighted by atomic mass is 19.1. The molecule has 1 unspecified atom stereocenters. The minimum atomic E-state index is -1.45. The Bertz CT molecular complexity index is 1030. The van der Waals surface area contributed by atoms with E-state index in [0.717, 1.165) is 19.0 Å². The van der Waals surface area contributed by atoms with Gasteiger partial charge in [-0.2, -0.15) is 0 Å². The average molecular weight is 393 g/mol. The second kappa shape index (κ2) is 6.71. The third-order valence-corrected chi connectivity index (χ3v) is 5.56. The number of carboxylic acids is 1. The van der Waals surface area contributed by atoms with Gasteiger partial charge in [0.1, 0.15) is 16.9 Å². The number of nitrogens with zero attached hydrogens (tertiary/aromatic N) is 2. The highest BCUT2D eigenvalue weighted by molar-refractivity contribution is 6.00. The van der Waals surface area contributed by atoms with Gasteiger partial charge in [-0.15, -0.1) is 0 Å². The third kappa shape index (κ3) is 2.71. The zero-order valence-electron chi connectivity index (χ0n) is 15.3. The summed E-state index contributed by atoms with van der Waals surface area (Å²) in [7, 11) is 1.78. The van der Waals surface area contributed by atoms with Gasteiger partial charge in [-0.1, -0.05) is 0 Å². The van der Waals surface area contributed by atoms with Crippen LogP contribution in [-0.4, -0.2) is 41.8 Å². The van der Waals surface area contributed by atoms with Gasteiger partial charge >= 0.3 is 5.97 Å². The molecule has 0 radical (unpaired) electrons. The summed E-state index contributed by atoms with van der Waals surface area (Å²) in [5, 5.41) is 12.1. The predicted octanol–water partition coefficient (Wildman–Crippen LogP) is 1.40. The predicted molar refractivity (Wildman–Crippen MR) is 101 cm³/mol. The van der Waals surface area contributed by atoms with Gasteiger partial charge in [-0.3, -0.25) is 10.6 Å². The number of hydrazine groups is 1. The second-order valence-corrected chi connectivity index (χ2v) is 7.26. The Morgan fingerprint density at radius 3 is 2.54 bits per heavy atom. The molecule has 0 spiro atoms. The monoisotopic (exact) mass is 393 g/mol. The number of halogens is 2. The van der Waals surface area contributed by atoms with Crippen LogP contribution in [0.3, 0.4) is 0 Å². The van der Waals surface area contributed by atoms with Crippen molar-refractivity contribution in [2.75, 3.05) is 30.5 Å². The molecule has 1 aromatic carbocycles. The van der Waals surface area contributed by atoms with Crippen molar-refractivity contribution in [1.82, 2.24) is 9.88 Å². The van der Waals surface area contributed by atoms with Crippen molar-refractivity contribution in [1.29, 1.82) is 0 Å². The number of likely N-dealkylation sites (N-methyl/N-ethyl adjacent to an activating group) is 1. The molecular weight excluding hydrogens is 372 g/mol. The smallest absolute Gasteiger partial charge is 0.341 e. The molecule has 2 heterocycles. The van der Waals surface area contributed by atoms with E-state index in [9.17, 15) is 14.7 Å². The number of carbonyl (C=O) groups is 1. The number of benzene rings is 1. The fraction of sp³-hybridized carbons (Fsp3) is 0.444. The first-order valence-corrected chi connectivity index (χ1v) is 9.10. The molecule has 2 fully saturated rings. The number of aromatic carboxylic acids is 1. The number of hydrogen-bond donors (Lipinski definition) is 4. The minimum Gasteiger partial charge on any atom is -0.477 e. The molecule has 1 saturated heterocycles. The van der Waals surface area contributed by atoms with Crippen LogP contribution < -0.4 is 26.9 Å². The van der Waals surface area contributed by atoms with Gasteiger partial charge in [-0.25, -0.2) is 13.6 Å². The highest BCUT2D eigenvalue weighted by Gasteiger charge is 2.34. The van der Waals surface area contributed by atoms with Gasteiger partial charge in [0.05, 0.1) is 10.9 Å². The maximum absolute atomic E-state index is 15.6. The standard InChI is InChI=1S/C18H21F2N5O3/c1-22-8-4-5-24(6-8)16-12(19)14(23-21)11-15(13(16)20)25(9-2-3-9)7-10(17(11)26)18(27)28/h7-9,22-23H,2-6,21H2,1H3,(H,27,28). The van der Waals surface area contributed by atoms with Gasteiger partial charge in [0.15, 0.2) is 11.6 Å². The van der Waals surface area contributed by atoms with E-state index < -0.39 is 28.6 Å². The lowest BCUT2D eigenvalue weighted by molar-refractivity contribution is 0.0695. The molecule has 1 aliphatic carbocycles. The van der Waals surface area contributed by atoms with Crippen LogP contribution in [0.15, 0.2) is 11.0 Å². The van der Waals surface area contributed by atoms with Crippen molar-refractivity contribution in [3.63, 3.8) is 0 Å². The van der Waals surface area contributed by atoms with Crippen LogP contribution in [0.2, 0.25) is 0 Å². The summed E-state index contributed by atoms with van der Waals surface area (Å²) in [6.07, 6.45) is 3.31. The number of carboxylic acid groups (broad SMARTS) is 1. The summed E-state index contributed by atoms with van der Waals surface area (Å²) in [4.78, 5) is 25.8. The van der Waals surface area contributed by atoms with Gasteiger partial charge in [-0.05, 0) is 26.3 Å². The van der Waals surface area contributed by atoms with Crippen LogP contribution in [0.25, 0.3) is 10.9 Å². The fourth-order valence-corrected chi connectivity index (χ4v) is 3.93. The number of hydrogen-bond acceptors (Lipinski definition) is 6. The van der Waals surface area contributed by atoms with Crippen LogP contribution in [0.4, 0.5) is 20.2 Å². The van der Waals surface area contributed by atoms with E-state index in [2.05, 4.69) is 10.7 Å². The van der Waals surface area contributed by atoms with Crippen molar-refractivity contribution in [2.45, 2.75) is 31.3 Å². The van der Waals surface area contributed by atoms with Gasteiger partial charge in [0.25, 0.3) is 0 Å². The first-order valence-electron chi connectivity index (χ1n) is 9.10. The van der Waals surface area contributed by atoms with E-state index >= 15 is 8.78 Å². The maximum atomic E-state index is 15.6. The quantitative estimate of drug-likeness (QED) is 0.449. The molecule has 8 nitrogen and oxygen atoms in total. The second-order valence-electron chi connectivity index (χ2n) is 7.26. The molecule has 2 aromatic rings. The van der Waals surface area contributed by atoms with Crippen molar-refractivity contribution >= 4 is 28.2 Å². The largest absolute Gasteiger partial charge is 0.477 e. The third-order valence-electron chi connectivity index (χ3n) is 5.56. The Morgan fingerprint density at radius 2 is 2.00 bits per heavy atom. The molecular formula is C18H21F2N5O3. The summed E-state index contributed by atoms with van der Waals surface area (Å²) in [5.74, 6) is 2.17. The molecule has 1 aromatic heterocycles. The molecule has 1 atom stereocenters. The topological polar surface area (TPSA) is 113 Å². The molecule has 10 heteroatoms. The highest BCUT2D eigenvalue weighted by Crippen LogP contribution is 2.42. The number of rotatable bonds is 5. The van der Waals surface area contributed by atoms with E-state index in [1.807, 2.05) is 0 Å². The van der Waals surface area contributed by atoms with Crippen molar-refractivity contribution in [2.24, 2.45) is 5.84 Å². The maximum Gasteiger partial charge on any atom is 0.341 e. The van der Waals surface area contributed by atoms with E-state index in [4.69, 9.17) is 5.84 Å². The number of aromatic nitrogens is 1. The Hall–Kier alpha value is -2.72. The summed E-state index contributed by atoms with van der Waals surface area (Å²) < 4.78 is 32.3. The number of nitrogens with one attached hydrogen (secondary N) is 2. The molecule has 150 valence electrons. The summed E-state index contributed by atoms with van der Waals surface area (Å²) in [6, 6.07) is -0.0490. The van der Waals surface area contributed by atoms with Crippen LogP contribution in [0, 0.1) is 11.6 Å². The van der Waals surface area contributed by atoms with Crippen molar-refractivity contribution in [3.05, 3.63) is 33.6 Å². The van der Waals surface area contributed by atoms with E-state index in [0.29, 0.717) is 19.5 Å². The zero-order valence-corrected chi connectivity index (χ0v) is 15.3. The lowest BCUT2D eigenvalue weighted by Gasteiger charge is -2.24. The van der Waals surface area contributed by atoms with Crippen LogP contribution >= 0.6 is 0 Å². The molecule has 1 saturated carbocycles. The van der Waals surface area contributed by atoms with Gasteiger partial charge in [0.2, 0.25) is 5.43 Å². The Balaban J connectivity index is 2.07. The normalized spacial score (nSPS) is 19.4. The average Bonchev–Trinajstić information content (AvgIpc) is 3.40. The molecule has 0 amide bonds. The minimum absolute atomic E-state index is 0.0868. The molecule has 2 aliphatic rings. The molecule has 5 N–H and O–H groups in total. The summed E-state index contributed by atoms with van der Waals surface area (Å²) >= 11 is 0.